The Hall–Kier alpha value is -1.79. The van der Waals surface area contributed by atoms with Crippen molar-refractivity contribution in [3.8, 4) is 0 Å². The molecule has 1 rings (SSSR count). The molecule has 1 fully saturated rings. The highest BCUT2D eigenvalue weighted by Gasteiger charge is 2.28. The number of amides is 3. The summed E-state index contributed by atoms with van der Waals surface area (Å²) < 4.78 is 0. The minimum atomic E-state index is -0.893. The molecular formula is C13H23N3O4. The van der Waals surface area contributed by atoms with Crippen molar-refractivity contribution in [3.63, 3.8) is 0 Å². The van der Waals surface area contributed by atoms with Crippen molar-refractivity contribution in [1.82, 2.24) is 10.2 Å². The molecule has 0 aromatic rings. The first kappa shape index (κ1) is 16.3. The number of hydrogen-bond acceptors (Lipinski definition) is 3. The van der Waals surface area contributed by atoms with Crippen LogP contribution in [0.1, 0.15) is 45.4 Å². The van der Waals surface area contributed by atoms with E-state index in [0.717, 1.165) is 25.7 Å². The number of carboxylic acid groups (broad SMARTS) is 1. The molecule has 7 heteroatoms. The maximum atomic E-state index is 12.2. The highest BCUT2D eigenvalue weighted by molar-refractivity contribution is 5.83. The maximum absolute atomic E-state index is 12.2. The normalized spacial score (nSPS) is 16.6. The van der Waals surface area contributed by atoms with E-state index in [1.807, 2.05) is 0 Å². The fraction of sp³-hybridized carbons (Fsp3) is 0.769. The molecule has 1 aliphatic carbocycles. The van der Waals surface area contributed by atoms with Gasteiger partial charge in [-0.2, -0.15) is 0 Å². The molecule has 0 aromatic heterocycles. The van der Waals surface area contributed by atoms with Crippen LogP contribution in [-0.4, -0.2) is 46.5 Å². The van der Waals surface area contributed by atoms with Crippen molar-refractivity contribution in [2.45, 2.75) is 57.5 Å². The average Bonchev–Trinajstić information content (AvgIpc) is 2.86. The summed E-state index contributed by atoms with van der Waals surface area (Å²) >= 11 is 0. The Balaban J connectivity index is 2.53. The number of hydrogen-bond donors (Lipinski definition) is 3. The zero-order valence-electron chi connectivity index (χ0n) is 11.8. The predicted octanol–water partition coefficient (Wildman–Crippen LogP) is 0.679. The summed E-state index contributed by atoms with van der Waals surface area (Å²) in [6, 6.07) is -0.543. The van der Waals surface area contributed by atoms with Gasteiger partial charge in [0, 0.05) is 18.5 Å². The molecule has 1 aliphatic rings. The van der Waals surface area contributed by atoms with E-state index in [1.165, 1.54) is 4.90 Å². The molecule has 3 amide bonds. The fourth-order valence-corrected chi connectivity index (χ4v) is 2.46. The van der Waals surface area contributed by atoms with Crippen LogP contribution in [0.5, 0.6) is 0 Å². The van der Waals surface area contributed by atoms with Crippen molar-refractivity contribution < 1.29 is 19.5 Å². The van der Waals surface area contributed by atoms with Crippen LogP contribution in [-0.2, 0) is 9.59 Å². The number of carboxylic acids is 1. The monoisotopic (exact) mass is 285 g/mol. The number of carbonyl (C=O) groups excluding carboxylic acids is 2. The molecule has 20 heavy (non-hydrogen) atoms. The van der Waals surface area contributed by atoms with Crippen LogP contribution < -0.4 is 11.1 Å². The van der Waals surface area contributed by atoms with Crippen LogP contribution in [0.4, 0.5) is 4.79 Å². The van der Waals surface area contributed by atoms with Gasteiger partial charge < -0.3 is 21.1 Å². The predicted molar refractivity (Wildman–Crippen MR) is 73.0 cm³/mol. The van der Waals surface area contributed by atoms with E-state index in [9.17, 15) is 14.4 Å². The van der Waals surface area contributed by atoms with Gasteiger partial charge in [-0.1, -0.05) is 12.8 Å². The van der Waals surface area contributed by atoms with E-state index in [0.29, 0.717) is 6.42 Å². The molecule has 0 saturated heterocycles. The first-order valence-electron chi connectivity index (χ1n) is 6.97. The third-order valence-corrected chi connectivity index (χ3v) is 3.51. The lowest BCUT2D eigenvalue weighted by atomic mass is 10.2. The van der Waals surface area contributed by atoms with Gasteiger partial charge in [0.25, 0.3) is 0 Å². The quantitative estimate of drug-likeness (QED) is 0.638. The van der Waals surface area contributed by atoms with Gasteiger partial charge in [0.2, 0.25) is 5.91 Å². The molecule has 1 atom stereocenters. The molecule has 0 aliphatic heterocycles. The first-order valence-corrected chi connectivity index (χ1v) is 6.97. The van der Waals surface area contributed by atoms with Crippen LogP contribution >= 0.6 is 0 Å². The topological polar surface area (TPSA) is 113 Å². The third kappa shape index (κ3) is 5.46. The number of aliphatic carboxylic acids is 1. The van der Waals surface area contributed by atoms with Gasteiger partial charge >= 0.3 is 12.0 Å². The number of urea groups is 1. The molecule has 7 nitrogen and oxygen atoms in total. The van der Waals surface area contributed by atoms with Gasteiger partial charge in [-0.25, -0.2) is 4.79 Å². The van der Waals surface area contributed by atoms with E-state index in [4.69, 9.17) is 10.8 Å². The Kier molecular flexibility index (Phi) is 6.27. The van der Waals surface area contributed by atoms with Gasteiger partial charge in [-0.15, -0.1) is 0 Å². The van der Waals surface area contributed by atoms with E-state index >= 15 is 0 Å². The molecule has 0 spiro atoms. The zero-order chi connectivity index (χ0) is 15.1. The van der Waals surface area contributed by atoms with Gasteiger partial charge in [0.1, 0.15) is 6.54 Å². The van der Waals surface area contributed by atoms with E-state index in [2.05, 4.69) is 5.32 Å². The highest BCUT2D eigenvalue weighted by Crippen LogP contribution is 2.23. The van der Waals surface area contributed by atoms with Crippen LogP contribution in [0.15, 0.2) is 0 Å². The SMILES string of the molecule is CC(CCC(=O)O)NC(=O)N(CC(N)=O)C1CCCC1. The molecule has 1 unspecified atom stereocenters. The molecule has 114 valence electrons. The second-order valence-electron chi connectivity index (χ2n) is 5.32. The summed E-state index contributed by atoms with van der Waals surface area (Å²) in [5.41, 5.74) is 5.19. The Morgan fingerprint density at radius 1 is 1.35 bits per heavy atom. The Labute approximate surface area is 118 Å². The maximum Gasteiger partial charge on any atom is 0.318 e. The summed E-state index contributed by atoms with van der Waals surface area (Å²) in [5, 5.41) is 11.3. The van der Waals surface area contributed by atoms with Gasteiger partial charge in [0.15, 0.2) is 0 Å². The molecular weight excluding hydrogens is 262 g/mol. The second-order valence-corrected chi connectivity index (χ2v) is 5.32. The Morgan fingerprint density at radius 3 is 2.45 bits per heavy atom. The highest BCUT2D eigenvalue weighted by atomic mass is 16.4. The number of primary amides is 1. The van der Waals surface area contributed by atoms with E-state index in [-0.39, 0.29) is 31.1 Å². The summed E-state index contributed by atoms with van der Waals surface area (Å²) in [6.07, 6.45) is 4.20. The number of nitrogens with one attached hydrogen (secondary N) is 1. The molecule has 0 aromatic carbocycles. The lowest BCUT2D eigenvalue weighted by Crippen LogP contribution is -2.51. The Morgan fingerprint density at radius 2 is 1.95 bits per heavy atom. The first-order chi connectivity index (χ1) is 9.40. The lowest BCUT2D eigenvalue weighted by molar-refractivity contribution is -0.137. The lowest BCUT2D eigenvalue weighted by Gasteiger charge is -2.29. The summed E-state index contributed by atoms with van der Waals surface area (Å²) in [6.45, 7) is 1.65. The molecule has 0 bridgehead atoms. The minimum Gasteiger partial charge on any atom is -0.481 e. The zero-order valence-corrected chi connectivity index (χ0v) is 11.8. The van der Waals surface area contributed by atoms with E-state index < -0.39 is 11.9 Å². The second kappa shape index (κ2) is 7.72. The van der Waals surface area contributed by atoms with Crippen molar-refractivity contribution in [3.05, 3.63) is 0 Å². The van der Waals surface area contributed by atoms with Crippen LogP contribution in [0.2, 0.25) is 0 Å². The van der Waals surface area contributed by atoms with Crippen molar-refractivity contribution >= 4 is 17.9 Å². The van der Waals surface area contributed by atoms with Crippen molar-refractivity contribution in [2.24, 2.45) is 5.73 Å². The van der Waals surface area contributed by atoms with E-state index in [1.54, 1.807) is 6.92 Å². The van der Waals surface area contributed by atoms with Gasteiger partial charge in [-0.05, 0) is 26.2 Å². The number of nitrogens with zero attached hydrogens (tertiary/aromatic N) is 1. The van der Waals surface area contributed by atoms with Crippen molar-refractivity contribution in [2.75, 3.05) is 6.54 Å². The molecule has 0 radical (unpaired) electrons. The average molecular weight is 285 g/mol. The molecule has 1 saturated carbocycles. The fourth-order valence-electron chi connectivity index (χ4n) is 2.46. The minimum absolute atomic E-state index is 0.000689. The number of nitrogens with two attached hydrogens (primary N) is 1. The largest absolute Gasteiger partial charge is 0.481 e. The molecule has 0 heterocycles. The third-order valence-electron chi connectivity index (χ3n) is 3.51. The Bertz CT molecular complexity index is 367. The van der Waals surface area contributed by atoms with Crippen LogP contribution in [0.25, 0.3) is 0 Å². The summed E-state index contributed by atoms with van der Waals surface area (Å²) in [5.74, 6) is -1.43. The van der Waals surface area contributed by atoms with Crippen LogP contribution in [0, 0.1) is 0 Å². The van der Waals surface area contributed by atoms with Crippen molar-refractivity contribution in [1.29, 1.82) is 0 Å². The standard InChI is InChI=1S/C13H23N3O4/c1-9(6-7-12(18)19)15-13(20)16(8-11(14)17)10-4-2-3-5-10/h9-10H,2-8H2,1H3,(H2,14,17)(H,15,20)(H,18,19). The number of rotatable bonds is 7. The summed E-state index contributed by atoms with van der Waals surface area (Å²) in [4.78, 5) is 35.2. The number of carbonyl (C=O) groups is 3. The summed E-state index contributed by atoms with van der Waals surface area (Å²) in [7, 11) is 0. The van der Waals surface area contributed by atoms with Gasteiger partial charge in [0.05, 0.1) is 0 Å². The van der Waals surface area contributed by atoms with Crippen LogP contribution in [0.3, 0.4) is 0 Å². The smallest absolute Gasteiger partial charge is 0.318 e. The van der Waals surface area contributed by atoms with Gasteiger partial charge in [-0.3, -0.25) is 9.59 Å². The molecule has 4 N–H and O–H groups in total.